The Balaban J connectivity index is 2.23. The van der Waals surface area contributed by atoms with E-state index in [9.17, 15) is 26.7 Å². The third-order valence-corrected chi connectivity index (χ3v) is 3.47. The van der Waals surface area contributed by atoms with Crippen molar-refractivity contribution in [2.45, 2.75) is 18.3 Å². The first-order valence-electron chi connectivity index (χ1n) is 6.81. The van der Waals surface area contributed by atoms with Crippen LogP contribution in [-0.2, 0) is 9.53 Å². The van der Waals surface area contributed by atoms with E-state index in [1.54, 1.807) is 17.3 Å². The molecule has 4 nitrogen and oxygen atoms in total. The van der Waals surface area contributed by atoms with Gasteiger partial charge in [-0.25, -0.2) is 8.78 Å². The molecule has 2 atom stereocenters. The molecule has 1 aliphatic rings. The Kier molecular flexibility index (Phi) is 5.20. The van der Waals surface area contributed by atoms with Crippen molar-refractivity contribution in [3.63, 3.8) is 0 Å². The summed E-state index contributed by atoms with van der Waals surface area (Å²) < 4.78 is 71.5. The van der Waals surface area contributed by atoms with Crippen molar-refractivity contribution in [3.05, 3.63) is 35.4 Å². The summed E-state index contributed by atoms with van der Waals surface area (Å²) >= 11 is 0. The van der Waals surface area contributed by atoms with Gasteiger partial charge in [-0.1, -0.05) is 12.1 Å². The molecule has 1 aromatic rings. The number of nitrogens with zero attached hydrogens (tertiary/aromatic N) is 1. The van der Waals surface area contributed by atoms with Crippen LogP contribution < -0.4 is 5.32 Å². The molecule has 23 heavy (non-hydrogen) atoms. The van der Waals surface area contributed by atoms with Crippen LogP contribution in [0.1, 0.15) is 11.6 Å². The van der Waals surface area contributed by atoms with Crippen LogP contribution >= 0.6 is 0 Å². The maximum Gasteiger partial charge on any atom is 0.412 e. The van der Waals surface area contributed by atoms with E-state index in [-0.39, 0.29) is 13.2 Å². The summed E-state index contributed by atoms with van der Waals surface area (Å²) in [4.78, 5) is 13.7. The second-order valence-corrected chi connectivity index (χ2v) is 5.25. The molecule has 0 radical (unpaired) electrons. The van der Waals surface area contributed by atoms with Crippen LogP contribution in [0.15, 0.2) is 18.2 Å². The predicted molar refractivity (Wildman–Crippen MR) is 70.5 cm³/mol. The summed E-state index contributed by atoms with van der Waals surface area (Å²) in [6.07, 6.45) is -6.08. The fourth-order valence-electron chi connectivity index (χ4n) is 2.25. The van der Waals surface area contributed by atoms with Crippen LogP contribution in [0.25, 0.3) is 0 Å². The summed E-state index contributed by atoms with van der Waals surface area (Å²) in [5.41, 5.74) is -0.977. The number of ether oxygens (including phenoxy) is 1. The fourth-order valence-corrected chi connectivity index (χ4v) is 2.25. The summed E-state index contributed by atoms with van der Waals surface area (Å²) in [5, 5.41) is 1.71. The maximum atomic E-state index is 13.7. The van der Waals surface area contributed by atoms with Gasteiger partial charge in [0.05, 0.1) is 6.61 Å². The molecule has 0 aromatic heterocycles. The number of benzene rings is 1. The zero-order valence-electron chi connectivity index (χ0n) is 12.2. The number of alkyl halides is 3. The number of carbonyl (C=O) groups is 1. The minimum Gasteiger partial charge on any atom is -0.366 e. The van der Waals surface area contributed by atoms with E-state index in [0.717, 1.165) is 12.1 Å². The minimum absolute atomic E-state index is 0.113. The van der Waals surface area contributed by atoms with E-state index < -0.39 is 41.4 Å². The van der Waals surface area contributed by atoms with Gasteiger partial charge >= 0.3 is 6.18 Å². The highest BCUT2D eigenvalue weighted by atomic mass is 19.4. The van der Waals surface area contributed by atoms with Crippen molar-refractivity contribution in [1.82, 2.24) is 10.2 Å². The van der Waals surface area contributed by atoms with Crippen LogP contribution in [0.3, 0.4) is 0 Å². The van der Waals surface area contributed by atoms with Crippen molar-refractivity contribution in [2.75, 3.05) is 26.7 Å². The van der Waals surface area contributed by atoms with Gasteiger partial charge in [-0.3, -0.25) is 4.79 Å². The molecule has 0 saturated carbocycles. The van der Waals surface area contributed by atoms with E-state index in [1.807, 2.05) is 0 Å². The number of rotatable bonds is 3. The molecule has 0 aliphatic carbocycles. The van der Waals surface area contributed by atoms with Gasteiger partial charge in [-0.05, 0) is 13.1 Å². The largest absolute Gasteiger partial charge is 0.412 e. The van der Waals surface area contributed by atoms with Crippen LogP contribution in [0.4, 0.5) is 22.0 Å². The monoisotopic (exact) mass is 338 g/mol. The lowest BCUT2D eigenvalue weighted by atomic mass is 10.0. The normalized spacial score (nSPS) is 21.0. The predicted octanol–water partition coefficient (Wildman–Crippen LogP) is 2.01. The number of amides is 1. The molecule has 0 bridgehead atoms. The third-order valence-electron chi connectivity index (χ3n) is 3.47. The lowest BCUT2D eigenvalue weighted by Gasteiger charge is -2.31. The molecular weight excluding hydrogens is 323 g/mol. The molecule has 1 heterocycles. The Morgan fingerprint density at radius 1 is 1.39 bits per heavy atom. The highest BCUT2D eigenvalue weighted by Crippen LogP contribution is 2.34. The molecule has 0 unspecified atom stereocenters. The second kappa shape index (κ2) is 6.79. The zero-order valence-corrected chi connectivity index (χ0v) is 12.2. The summed E-state index contributed by atoms with van der Waals surface area (Å²) in [6.45, 7) is 0.854. The minimum atomic E-state index is -4.98. The fraction of sp³-hybridized carbons (Fsp3) is 0.500. The molecule has 1 N–H and O–H groups in total. The maximum absolute atomic E-state index is 13.7. The molecular formula is C14H15F5N2O2. The highest BCUT2D eigenvalue weighted by Gasteiger charge is 2.44. The number of halogens is 5. The molecule has 1 saturated heterocycles. The van der Waals surface area contributed by atoms with Crippen molar-refractivity contribution < 1.29 is 31.5 Å². The van der Waals surface area contributed by atoms with Crippen LogP contribution in [0.5, 0.6) is 0 Å². The van der Waals surface area contributed by atoms with E-state index in [1.165, 1.54) is 0 Å². The van der Waals surface area contributed by atoms with Crippen LogP contribution in [0, 0.1) is 11.6 Å². The Bertz CT molecular complexity index is 579. The van der Waals surface area contributed by atoms with Crippen molar-refractivity contribution >= 4 is 5.91 Å². The SMILES string of the molecule is CN1CCO[C@H](C(=O)N[C@@H](c2cccc(F)c2F)C(F)(F)F)C1. The van der Waals surface area contributed by atoms with Gasteiger partial charge in [0.25, 0.3) is 5.91 Å². The standard InChI is InChI=1S/C14H15F5N2O2/c1-21-5-6-23-10(7-21)13(22)20-12(14(17,18)19)8-3-2-4-9(15)11(8)16/h2-4,10,12H,5-7H2,1H3,(H,20,22)/t10-,12-/m0/s1. The lowest BCUT2D eigenvalue weighted by molar-refractivity contribution is -0.169. The molecule has 1 amide bonds. The van der Waals surface area contributed by atoms with Gasteiger partial charge in [-0.15, -0.1) is 0 Å². The third kappa shape index (κ3) is 4.17. The number of nitrogens with one attached hydrogen (secondary N) is 1. The van der Waals surface area contributed by atoms with Gasteiger partial charge in [-0.2, -0.15) is 13.2 Å². The smallest absolute Gasteiger partial charge is 0.366 e. The van der Waals surface area contributed by atoms with Crippen molar-refractivity contribution in [2.24, 2.45) is 0 Å². The quantitative estimate of drug-likeness (QED) is 0.858. The average molecular weight is 338 g/mol. The number of hydrogen-bond acceptors (Lipinski definition) is 3. The summed E-state index contributed by atoms with van der Waals surface area (Å²) in [7, 11) is 1.69. The molecule has 9 heteroatoms. The lowest BCUT2D eigenvalue weighted by Crippen LogP contribution is -2.51. The van der Waals surface area contributed by atoms with Gasteiger partial charge in [0.2, 0.25) is 0 Å². The molecule has 0 spiro atoms. The van der Waals surface area contributed by atoms with E-state index in [4.69, 9.17) is 4.74 Å². The molecule has 1 aliphatic heterocycles. The summed E-state index contributed by atoms with van der Waals surface area (Å²) in [6, 6.07) is -0.219. The number of carbonyl (C=O) groups excluding carboxylic acids is 1. The Labute approximate surface area is 129 Å². The molecule has 1 fully saturated rings. The van der Waals surface area contributed by atoms with Crippen molar-refractivity contribution in [3.8, 4) is 0 Å². The first kappa shape index (κ1) is 17.6. The van der Waals surface area contributed by atoms with E-state index in [0.29, 0.717) is 12.6 Å². The molecule has 2 rings (SSSR count). The van der Waals surface area contributed by atoms with Gasteiger partial charge in [0.1, 0.15) is 6.10 Å². The van der Waals surface area contributed by atoms with Gasteiger partial charge in [0.15, 0.2) is 17.7 Å². The van der Waals surface area contributed by atoms with Crippen molar-refractivity contribution in [1.29, 1.82) is 0 Å². The number of hydrogen-bond donors (Lipinski definition) is 1. The highest BCUT2D eigenvalue weighted by molar-refractivity contribution is 5.81. The van der Waals surface area contributed by atoms with Gasteiger partial charge in [0, 0.05) is 18.7 Å². The van der Waals surface area contributed by atoms with Crippen LogP contribution in [0.2, 0.25) is 0 Å². The summed E-state index contributed by atoms with van der Waals surface area (Å²) in [5.74, 6) is -4.08. The second-order valence-electron chi connectivity index (χ2n) is 5.25. The van der Waals surface area contributed by atoms with E-state index in [2.05, 4.69) is 0 Å². The van der Waals surface area contributed by atoms with Crippen LogP contribution in [-0.4, -0.2) is 49.8 Å². The topological polar surface area (TPSA) is 41.6 Å². The first-order valence-corrected chi connectivity index (χ1v) is 6.81. The average Bonchev–Trinajstić information content (AvgIpc) is 2.46. The number of morpholine rings is 1. The van der Waals surface area contributed by atoms with E-state index >= 15 is 0 Å². The molecule has 128 valence electrons. The number of likely N-dealkylation sites (N-methyl/N-ethyl adjacent to an activating group) is 1. The van der Waals surface area contributed by atoms with Gasteiger partial charge < -0.3 is 15.0 Å². The Morgan fingerprint density at radius 3 is 2.70 bits per heavy atom. The first-order chi connectivity index (χ1) is 10.7. The Hall–Kier alpha value is -1.74. The Morgan fingerprint density at radius 2 is 2.09 bits per heavy atom. The molecule has 1 aromatic carbocycles. The zero-order chi connectivity index (χ0) is 17.2.